The highest BCUT2D eigenvalue weighted by Crippen LogP contribution is 2.09. The maximum Gasteiger partial charge on any atom is 0.312 e. The van der Waals surface area contributed by atoms with Gasteiger partial charge in [0.05, 0.1) is 0 Å². The van der Waals surface area contributed by atoms with Crippen molar-refractivity contribution < 1.29 is 24.3 Å². The van der Waals surface area contributed by atoms with Crippen LogP contribution in [0, 0.1) is 0 Å². The number of carbonyl (C=O) groups excluding carboxylic acids is 3. The third-order valence-electron chi connectivity index (χ3n) is 3.00. The van der Waals surface area contributed by atoms with E-state index in [9.17, 15) is 19.2 Å². The van der Waals surface area contributed by atoms with Gasteiger partial charge in [-0.1, -0.05) is 36.4 Å². The van der Waals surface area contributed by atoms with Crippen molar-refractivity contribution in [3.63, 3.8) is 0 Å². The highest BCUT2D eigenvalue weighted by molar-refractivity contribution is 6.11. The minimum atomic E-state index is -1.37. The van der Waals surface area contributed by atoms with E-state index in [0.717, 1.165) is 0 Å². The zero-order chi connectivity index (χ0) is 17.5. The molecule has 2 N–H and O–H groups in total. The van der Waals surface area contributed by atoms with Crippen molar-refractivity contribution >= 4 is 23.7 Å². The molecule has 0 spiro atoms. The van der Waals surface area contributed by atoms with E-state index in [2.05, 4.69) is 5.43 Å². The molecule has 0 atom stereocenters. The van der Waals surface area contributed by atoms with E-state index in [-0.39, 0.29) is 11.1 Å². The van der Waals surface area contributed by atoms with Gasteiger partial charge in [0.1, 0.15) is 6.42 Å². The molecule has 7 heteroatoms. The van der Waals surface area contributed by atoms with Crippen LogP contribution < -0.4 is 5.43 Å². The number of hydrogen-bond acceptors (Lipinski definition) is 4. The predicted octanol–water partition coefficient (Wildman–Crippen LogP) is 1.48. The molecule has 0 bridgehead atoms. The Bertz CT molecular complexity index is 708. The van der Waals surface area contributed by atoms with Crippen LogP contribution in [0.2, 0.25) is 0 Å². The minimum absolute atomic E-state index is 0.178. The van der Waals surface area contributed by atoms with Crippen LogP contribution in [0.4, 0.5) is 0 Å². The van der Waals surface area contributed by atoms with Gasteiger partial charge < -0.3 is 5.11 Å². The van der Waals surface area contributed by atoms with E-state index in [0.29, 0.717) is 5.01 Å². The molecule has 0 saturated heterocycles. The van der Waals surface area contributed by atoms with E-state index in [1.54, 1.807) is 36.4 Å². The van der Waals surface area contributed by atoms with Gasteiger partial charge in [0.15, 0.2) is 0 Å². The zero-order valence-electron chi connectivity index (χ0n) is 12.5. The van der Waals surface area contributed by atoms with Crippen LogP contribution in [0.25, 0.3) is 0 Å². The molecule has 122 valence electrons. The SMILES string of the molecule is O=C(O)CC(=O)NN(C(=O)c1ccccc1)C(=O)c1ccccc1. The van der Waals surface area contributed by atoms with Gasteiger partial charge in [-0.15, -0.1) is 0 Å². The Morgan fingerprint density at radius 3 is 1.58 bits per heavy atom. The topological polar surface area (TPSA) is 104 Å². The van der Waals surface area contributed by atoms with Crippen molar-refractivity contribution in [1.29, 1.82) is 0 Å². The van der Waals surface area contributed by atoms with E-state index < -0.39 is 30.1 Å². The molecule has 0 unspecified atom stereocenters. The Morgan fingerprint density at radius 1 is 0.792 bits per heavy atom. The molecule has 0 aliphatic carbocycles. The summed E-state index contributed by atoms with van der Waals surface area (Å²) in [5.74, 6) is -3.87. The highest BCUT2D eigenvalue weighted by Gasteiger charge is 2.26. The van der Waals surface area contributed by atoms with Gasteiger partial charge >= 0.3 is 5.97 Å². The van der Waals surface area contributed by atoms with E-state index >= 15 is 0 Å². The summed E-state index contributed by atoms with van der Waals surface area (Å²) >= 11 is 0. The molecule has 0 saturated carbocycles. The maximum absolute atomic E-state index is 12.5. The van der Waals surface area contributed by atoms with Crippen molar-refractivity contribution in [2.45, 2.75) is 6.42 Å². The van der Waals surface area contributed by atoms with Gasteiger partial charge in [-0.2, -0.15) is 5.01 Å². The van der Waals surface area contributed by atoms with Gasteiger partial charge in [0, 0.05) is 11.1 Å². The Hall–Kier alpha value is -3.48. The fraction of sp³-hybridized carbons (Fsp3) is 0.0588. The normalized spacial score (nSPS) is 9.83. The molecular formula is C17H14N2O5. The van der Waals surface area contributed by atoms with E-state index in [1.165, 1.54) is 24.3 Å². The molecule has 0 radical (unpaired) electrons. The Morgan fingerprint density at radius 2 is 1.21 bits per heavy atom. The summed E-state index contributed by atoms with van der Waals surface area (Å²) < 4.78 is 0. The smallest absolute Gasteiger partial charge is 0.312 e. The molecule has 0 aliphatic rings. The number of carboxylic acids is 1. The standard InChI is InChI=1S/C17H14N2O5/c20-14(11-15(21)22)18-19(16(23)12-7-3-1-4-8-12)17(24)13-9-5-2-6-10-13/h1-10H,11H2,(H,18,20)(H,21,22). The quantitative estimate of drug-likeness (QED) is 0.503. The first kappa shape index (κ1) is 16.9. The Balaban J connectivity index is 2.30. The lowest BCUT2D eigenvalue weighted by molar-refractivity contribution is -0.141. The number of nitrogens with zero attached hydrogens (tertiary/aromatic N) is 1. The molecular weight excluding hydrogens is 312 g/mol. The second-order valence-corrected chi connectivity index (χ2v) is 4.78. The first-order valence-corrected chi connectivity index (χ1v) is 6.99. The van der Waals surface area contributed by atoms with Crippen LogP contribution in [0.15, 0.2) is 60.7 Å². The van der Waals surface area contributed by atoms with Gasteiger partial charge in [-0.05, 0) is 24.3 Å². The average Bonchev–Trinajstić information content (AvgIpc) is 2.59. The lowest BCUT2D eigenvalue weighted by atomic mass is 10.1. The third-order valence-corrected chi connectivity index (χ3v) is 3.00. The molecule has 3 amide bonds. The van der Waals surface area contributed by atoms with Gasteiger partial charge in [0.25, 0.3) is 11.8 Å². The van der Waals surface area contributed by atoms with Gasteiger partial charge in [-0.3, -0.25) is 24.6 Å². The van der Waals surface area contributed by atoms with Crippen LogP contribution in [0.5, 0.6) is 0 Å². The highest BCUT2D eigenvalue weighted by atomic mass is 16.4. The molecule has 0 aromatic heterocycles. The summed E-state index contributed by atoms with van der Waals surface area (Å²) in [6, 6.07) is 15.8. The number of rotatable bonds is 4. The molecule has 7 nitrogen and oxygen atoms in total. The summed E-state index contributed by atoms with van der Waals surface area (Å²) in [6.07, 6.45) is -0.860. The largest absolute Gasteiger partial charge is 0.481 e. The Labute approximate surface area is 137 Å². The fourth-order valence-corrected chi connectivity index (χ4v) is 1.92. The van der Waals surface area contributed by atoms with Crippen LogP contribution in [0.3, 0.4) is 0 Å². The monoisotopic (exact) mass is 326 g/mol. The number of imide groups is 1. The van der Waals surface area contributed by atoms with Crippen LogP contribution in [0.1, 0.15) is 27.1 Å². The van der Waals surface area contributed by atoms with Crippen LogP contribution >= 0.6 is 0 Å². The number of aliphatic carboxylic acids is 1. The molecule has 2 aromatic carbocycles. The lowest BCUT2D eigenvalue weighted by Crippen LogP contribution is -2.50. The summed E-state index contributed by atoms with van der Waals surface area (Å²) in [6.45, 7) is 0. The van der Waals surface area contributed by atoms with Crippen LogP contribution in [-0.2, 0) is 9.59 Å². The number of benzene rings is 2. The van der Waals surface area contributed by atoms with Crippen molar-refractivity contribution in [1.82, 2.24) is 10.4 Å². The summed E-state index contributed by atoms with van der Waals surface area (Å²) in [5.41, 5.74) is 2.42. The zero-order valence-corrected chi connectivity index (χ0v) is 12.5. The number of amides is 3. The number of hydrazine groups is 1. The number of carbonyl (C=O) groups is 4. The average molecular weight is 326 g/mol. The molecule has 0 aliphatic heterocycles. The molecule has 0 heterocycles. The van der Waals surface area contributed by atoms with Gasteiger partial charge in [0.2, 0.25) is 5.91 Å². The molecule has 2 rings (SSSR count). The second kappa shape index (κ2) is 7.68. The first-order chi connectivity index (χ1) is 11.5. The predicted molar refractivity (Wildman–Crippen MR) is 83.8 cm³/mol. The third kappa shape index (κ3) is 4.26. The van der Waals surface area contributed by atoms with Crippen molar-refractivity contribution in [2.75, 3.05) is 0 Å². The second-order valence-electron chi connectivity index (χ2n) is 4.78. The summed E-state index contributed by atoms with van der Waals surface area (Å²) in [7, 11) is 0. The van der Waals surface area contributed by atoms with E-state index in [4.69, 9.17) is 5.11 Å². The van der Waals surface area contributed by atoms with E-state index in [1.807, 2.05) is 0 Å². The van der Waals surface area contributed by atoms with Crippen molar-refractivity contribution in [3.8, 4) is 0 Å². The summed E-state index contributed by atoms with van der Waals surface area (Å²) in [5, 5.41) is 9.18. The minimum Gasteiger partial charge on any atom is -0.481 e. The van der Waals surface area contributed by atoms with Crippen molar-refractivity contribution in [2.24, 2.45) is 0 Å². The fourth-order valence-electron chi connectivity index (χ4n) is 1.92. The molecule has 2 aromatic rings. The van der Waals surface area contributed by atoms with Crippen LogP contribution in [-0.4, -0.2) is 33.8 Å². The number of carboxylic acid groups (broad SMARTS) is 1. The molecule has 0 fully saturated rings. The number of nitrogens with one attached hydrogen (secondary N) is 1. The van der Waals surface area contributed by atoms with Crippen molar-refractivity contribution in [3.05, 3.63) is 71.8 Å². The summed E-state index contributed by atoms with van der Waals surface area (Å²) in [4.78, 5) is 47.4. The lowest BCUT2D eigenvalue weighted by Gasteiger charge is -2.21. The number of hydrogen-bond donors (Lipinski definition) is 2. The first-order valence-electron chi connectivity index (χ1n) is 6.99. The van der Waals surface area contributed by atoms with Gasteiger partial charge in [-0.25, -0.2) is 0 Å². The Kier molecular flexibility index (Phi) is 5.40. The maximum atomic E-state index is 12.5. The molecule has 24 heavy (non-hydrogen) atoms.